The fraction of sp³-hybridized carbons (Fsp3) is 0.308. The van der Waals surface area contributed by atoms with E-state index in [-0.39, 0.29) is 18.2 Å². The lowest BCUT2D eigenvalue weighted by Crippen LogP contribution is -2.28. The molecule has 170 valence electrons. The van der Waals surface area contributed by atoms with Gasteiger partial charge in [-0.25, -0.2) is 0 Å². The van der Waals surface area contributed by atoms with Gasteiger partial charge in [-0.2, -0.15) is 0 Å². The van der Waals surface area contributed by atoms with Gasteiger partial charge in [-0.05, 0) is 48.1 Å². The van der Waals surface area contributed by atoms with Crippen molar-refractivity contribution < 1.29 is 18.7 Å². The predicted octanol–water partition coefficient (Wildman–Crippen LogP) is 5.08. The molecule has 0 fully saturated rings. The lowest BCUT2D eigenvalue weighted by Gasteiger charge is -2.13. The molecule has 1 aliphatic carbocycles. The van der Waals surface area contributed by atoms with Gasteiger partial charge in [-0.15, -0.1) is 11.3 Å². The number of furan rings is 1. The molecule has 2 heterocycles. The third-order valence-electron chi connectivity index (χ3n) is 6.13. The Bertz CT molecular complexity index is 1340. The van der Waals surface area contributed by atoms with Crippen molar-refractivity contribution in [3.05, 3.63) is 64.2 Å². The Morgan fingerprint density at radius 1 is 1.12 bits per heavy atom. The number of methoxy groups -OCH3 is 1. The van der Waals surface area contributed by atoms with Gasteiger partial charge in [-0.1, -0.05) is 30.3 Å². The number of anilines is 1. The number of hydrogen-bond donors (Lipinski definition) is 2. The number of carbonyl (C=O) groups excluding carboxylic acids is 2. The summed E-state index contributed by atoms with van der Waals surface area (Å²) in [6.07, 6.45) is 5.83. The molecule has 0 radical (unpaired) electrons. The first kappa shape index (κ1) is 21.7. The van der Waals surface area contributed by atoms with Gasteiger partial charge in [0, 0.05) is 29.5 Å². The lowest BCUT2D eigenvalue weighted by atomic mass is 9.95. The van der Waals surface area contributed by atoms with Crippen LogP contribution in [0.2, 0.25) is 0 Å². The smallest absolute Gasteiger partial charge is 0.254 e. The molecular weight excluding hydrogens is 436 g/mol. The van der Waals surface area contributed by atoms with Gasteiger partial charge in [0.1, 0.15) is 10.6 Å². The predicted molar refractivity (Wildman–Crippen MR) is 131 cm³/mol. The molecule has 2 amide bonds. The Morgan fingerprint density at radius 3 is 2.85 bits per heavy atom. The van der Waals surface area contributed by atoms with Crippen LogP contribution in [0.25, 0.3) is 21.7 Å². The first-order valence-electron chi connectivity index (χ1n) is 11.2. The van der Waals surface area contributed by atoms with Gasteiger partial charge in [0.05, 0.1) is 24.9 Å². The molecule has 6 nitrogen and oxygen atoms in total. The molecule has 2 N–H and O–H groups in total. The van der Waals surface area contributed by atoms with E-state index in [1.54, 1.807) is 13.4 Å². The van der Waals surface area contributed by atoms with Crippen molar-refractivity contribution in [2.24, 2.45) is 0 Å². The van der Waals surface area contributed by atoms with E-state index in [4.69, 9.17) is 9.15 Å². The summed E-state index contributed by atoms with van der Waals surface area (Å²) in [5.41, 5.74) is 3.30. The third kappa shape index (κ3) is 4.26. The summed E-state index contributed by atoms with van der Waals surface area (Å²) in [5.74, 6) is -0.309. The average Bonchev–Trinajstić information content (AvgIpc) is 3.40. The summed E-state index contributed by atoms with van der Waals surface area (Å²) in [6, 6.07) is 12.0. The van der Waals surface area contributed by atoms with E-state index in [2.05, 4.69) is 16.7 Å². The number of thiophene rings is 1. The highest BCUT2D eigenvalue weighted by atomic mass is 32.1. The Hall–Kier alpha value is -3.16. The van der Waals surface area contributed by atoms with E-state index in [0.29, 0.717) is 23.7 Å². The second-order valence-corrected chi connectivity index (χ2v) is 9.41. The molecule has 2 aromatic heterocycles. The molecule has 7 heteroatoms. The van der Waals surface area contributed by atoms with Crippen LogP contribution in [0.3, 0.4) is 0 Å². The zero-order valence-electron chi connectivity index (χ0n) is 18.5. The Balaban J connectivity index is 1.42. The summed E-state index contributed by atoms with van der Waals surface area (Å²) < 4.78 is 10.8. The highest BCUT2D eigenvalue weighted by molar-refractivity contribution is 7.17. The topological polar surface area (TPSA) is 80.6 Å². The van der Waals surface area contributed by atoms with Gasteiger partial charge < -0.3 is 19.8 Å². The number of benzene rings is 2. The Kier molecular flexibility index (Phi) is 6.15. The maximum absolute atomic E-state index is 13.1. The van der Waals surface area contributed by atoms with Gasteiger partial charge in [0.2, 0.25) is 5.91 Å². The van der Waals surface area contributed by atoms with E-state index in [1.165, 1.54) is 16.2 Å². The number of ether oxygens (including phenoxy) is 1. The monoisotopic (exact) mass is 462 g/mol. The van der Waals surface area contributed by atoms with Crippen LogP contribution in [0.1, 0.15) is 39.2 Å². The van der Waals surface area contributed by atoms with Crippen LogP contribution in [0, 0.1) is 0 Å². The van der Waals surface area contributed by atoms with Crippen molar-refractivity contribution in [1.82, 2.24) is 5.32 Å². The highest BCUT2D eigenvalue weighted by Crippen LogP contribution is 2.38. The van der Waals surface area contributed by atoms with Crippen LogP contribution < -0.4 is 10.6 Å². The molecular formula is C26H26N2O4S. The minimum atomic E-state index is -0.157. The summed E-state index contributed by atoms with van der Waals surface area (Å²) >= 11 is 1.53. The summed E-state index contributed by atoms with van der Waals surface area (Å²) in [5, 5.41) is 9.73. The second-order valence-electron chi connectivity index (χ2n) is 8.31. The second kappa shape index (κ2) is 9.37. The summed E-state index contributed by atoms with van der Waals surface area (Å²) in [4.78, 5) is 27.3. The zero-order valence-corrected chi connectivity index (χ0v) is 19.3. The van der Waals surface area contributed by atoms with Crippen molar-refractivity contribution in [2.45, 2.75) is 32.1 Å². The van der Waals surface area contributed by atoms with Crippen LogP contribution in [0.4, 0.5) is 5.00 Å². The maximum Gasteiger partial charge on any atom is 0.254 e. The number of hydrogen-bond acceptors (Lipinski definition) is 5. The Labute approximate surface area is 195 Å². The average molecular weight is 463 g/mol. The fourth-order valence-electron chi connectivity index (χ4n) is 4.60. The van der Waals surface area contributed by atoms with Gasteiger partial charge in [0.25, 0.3) is 5.91 Å². The van der Waals surface area contributed by atoms with Crippen molar-refractivity contribution in [3.8, 4) is 0 Å². The van der Waals surface area contributed by atoms with Gasteiger partial charge in [-0.3, -0.25) is 9.59 Å². The molecule has 1 aliphatic rings. The lowest BCUT2D eigenvalue weighted by molar-refractivity contribution is -0.115. The normalized spacial score (nSPS) is 13.2. The maximum atomic E-state index is 13.1. The highest BCUT2D eigenvalue weighted by Gasteiger charge is 2.26. The van der Waals surface area contributed by atoms with Crippen LogP contribution >= 0.6 is 11.3 Å². The number of aryl methyl sites for hydroxylation is 1. The molecule has 0 atom stereocenters. The number of carbonyl (C=O) groups is 2. The molecule has 0 spiro atoms. The minimum Gasteiger partial charge on any atom is -0.464 e. The van der Waals surface area contributed by atoms with Crippen molar-refractivity contribution in [2.75, 3.05) is 25.6 Å². The summed E-state index contributed by atoms with van der Waals surface area (Å²) in [7, 11) is 1.60. The van der Waals surface area contributed by atoms with Crippen LogP contribution in [0.5, 0.6) is 0 Å². The van der Waals surface area contributed by atoms with E-state index in [9.17, 15) is 9.59 Å². The number of nitrogens with one attached hydrogen (secondary N) is 2. The zero-order chi connectivity index (χ0) is 22.8. The molecule has 0 saturated carbocycles. The van der Waals surface area contributed by atoms with E-state index in [1.807, 2.05) is 30.3 Å². The third-order valence-corrected chi connectivity index (χ3v) is 7.34. The first-order valence-corrected chi connectivity index (χ1v) is 12.1. The fourth-order valence-corrected chi connectivity index (χ4v) is 5.90. The SMILES string of the molecule is COCCNC(=O)c1c(NC(=O)Cc2coc3ccc4ccccc4c23)sc2c1CCCC2. The van der Waals surface area contributed by atoms with E-state index < -0.39 is 0 Å². The molecule has 33 heavy (non-hydrogen) atoms. The molecule has 0 unspecified atom stereocenters. The van der Waals surface area contributed by atoms with Gasteiger partial charge >= 0.3 is 0 Å². The van der Waals surface area contributed by atoms with Crippen molar-refractivity contribution >= 4 is 49.9 Å². The molecule has 0 aliphatic heterocycles. The largest absolute Gasteiger partial charge is 0.464 e. The molecule has 0 saturated heterocycles. The molecule has 4 aromatic rings. The first-order chi connectivity index (χ1) is 16.2. The van der Waals surface area contributed by atoms with Crippen molar-refractivity contribution in [3.63, 3.8) is 0 Å². The van der Waals surface area contributed by atoms with E-state index in [0.717, 1.165) is 58.6 Å². The Morgan fingerprint density at radius 2 is 1.97 bits per heavy atom. The van der Waals surface area contributed by atoms with E-state index >= 15 is 0 Å². The van der Waals surface area contributed by atoms with Crippen LogP contribution in [-0.4, -0.2) is 32.1 Å². The molecule has 5 rings (SSSR count). The molecule has 2 aromatic carbocycles. The quantitative estimate of drug-likeness (QED) is 0.375. The number of amides is 2. The minimum absolute atomic E-state index is 0.151. The number of rotatable bonds is 7. The summed E-state index contributed by atoms with van der Waals surface area (Å²) in [6.45, 7) is 0.878. The van der Waals surface area contributed by atoms with Crippen LogP contribution in [-0.2, 0) is 28.8 Å². The standard InChI is InChI=1S/C26H26N2O4S/c1-31-13-12-27-25(30)24-19-8-4-5-9-21(19)33-26(24)28-22(29)14-17-15-32-20-11-10-16-6-2-3-7-18(16)23(17)20/h2-3,6-7,10-11,15H,4-5,8-9,12-14H2,1H3,(H,27,30)(H,28,29). The molecule has 0 bridgehead atoms. The van der Waals surface area contributed by atoms with Gasteiger partial charge in [0.15, 0.2) is 0 Å². The van der Waals surface area contributed by atoms with Crippen LogP contribution in [0.15, 0.2) is 47.1 Å². The number of fused-ring (bicyclic) bond motifs is 4. The van der Waals surface area contributed by atoms with Crippen molar-refractivity contribution in [1.29, 1.82) is 0 Å².